The molecule has 16 heavy (non-hydrogen) atoms. The van der Waals surface area contributed by atoms with E-state index in [0.717, 1.165) is 0 Å². The van der Waals surface area contributed by atoms with E-state index in [9.17, 15) is 8.42 Å². The van der Waals surface area contributed by atoms with Crippen LogP contribution < -0.4 is 0 Å². The third-order valence-electron chi connectivity index (χ3n) is 2.19. The number of hydrogen-bond donors (Lipinski definition) is 1. The van der Waals surface area contributed by atoms with Gasteiger partial charge in [0.05, 0.1) is 18.2 Å². The Bertz CT molecular complexity index is 583. The van der Waals surface area contributed by atoms with Crippen molar-refractivity contribution in [3.63, 3.8) is 0 Å². The molecule has 2 heterocycles. The van der Waals surface area contributed by atoms with Crippen LogP contribution >= 0.6 is 0 Å². The highest BCUT2D eigenvalue weighted by molar-refractivity contribution is 7.89. The summed E-state index contributed by atoms with van der Waals surface area (Å²) in [7, 11) is -3.58. The van der Waals surface area contributed by atoms with E-state index in [-0.39, 0.29) is 5.03 Å². The van der Waals surface area contributed by atoms with Crippen molar-refractivity contribution in [2.75, 3.05) is 0 Å². The van der Waals surface area contributed by atoms with Gasteiger partial charge in [0, 0.05) is 12.6 Å². The van der Waals surface area contributed by atoms with Gasteiger partial charge >= 0.3 is 0 Å². The van der Waals surface area contributed by atoms with Crippen molar-refractivity contribution in [1.29, 1.82) is 0 Å². The first-order valence-electron chi connectivity index (χ1n) is 4.84. The van der Waals surface area contributed by atoms with Gasteiger partial charge in [0.1, 0.15) is 5.82 Å². The number of aryl methyl sites for hydroxylation is 2. The Morgan fingerprint density at radius 1 is 1.50 bits per heavy atom. The van der Waals surface area contributed by atoms with Crippen LogP contribution in [-0.2, 0) is 16.4 Å². The Hall–Kier alpha value is -1.63. The molecular weight excluding hydrogens is 228 g/mol. The number of nitrogens with zero attached hydrogens (tertiary/aromatic N) is 3. The smallest absolute Gasteiger partial charge is 0.286 e. The summed E-state index contributed by atoms with van der Waals surface area (Å²) < 4.78 is 25.5. The zero-order chi connectivity index (χ0) is 11.8. The number of nitrogens with one attached hydrogen (secondary N) is 1. The lowest BCUT2D eigenvalue weighted by Gasteiger charge is -2.05. The molecule has 2 aromatic rings. The average Bonchev–Trinajstić information content (AvgIpc) is 2.85. The van der Waals surface area contributed by atoms with E-state index in [1.165, 1.54) is 22.7 Å². The highest BCUT2D eigenvalue weighted by atomic mass is 32.2. The molecule has 0 bridgehead atoms. The van der Waals surface area contributed by atoms with E-state index in [0.29, 0.717) is 17.9 Å². The van der Waals surface area contributed by atoms with Crippen molar-refractivity contribution < 1.29 is 8.42 Å². The zero-order valence-corrected chi connectivity index (χ0v) is 9.82. The van der Waals surface area contributed by atoms with Gasteiger partial charge in [-0.3, -0.25) is 0 Å². The molecule has 0 aromatic carbocycles. The van der Waals surface area contributed by atoms with Crippen LogP contribution in [0.3, 0.4) is 0 Å². The summed E-state index contributed by atoms with van der Waals surface area (Å²) in [6, 6.07) is 0. The first-order chi connectivity index (χ1) is 7.55. The average molecular weight is 240 g/mol. The summed E-state index contributed by atoms with van der Waals surface area (Å²) in [6.45, 7) is 3.62. The Labute approximate surface area is 93.4 Å². The Kier molecular flexibility index (Phi) is 2.55. The van der Waals surface area contributed by atoms with Gasteiger partial charge in [0.2, 0.25) is 0 Å². The number of imidazole rings is 2. The minimum absolute atomic E-state index is 0.0691. The van der Waals surface area contributed by atoms with E-state index in [1.54, 1.807) is 6.92 Å². The van der Waals surface area contributed by atoms with Gasteiger partial charge in [-0.1, -0.05) is 6.92 Å². The molecule has 7 heteroatoms. The number of aromatic amines is 1. The van der Waals surface area contributed by atoms with Gasteiger partial charge in [-0.25, -0.2) is 13.9 Å². The third-order valence-corrected chi connectivity index (χ3v) is 3.80. The van der Waals surface area contributed by atoms with Gasteiger partial charge in [-0.05, 0) is 6.92 Å². The lowest BCUT2D eigenvalue weighted by atomic mass is 10.5. The molecule has 0 amide bonds. The van der Waals surface area contributed by atoms with Gasteiger partial charge in [-0.15, -0.1) is 0 Å². The first-order valence-corrected chi connectivity index (χ1v) is 6.28. The molecule has 0 saturated heterocycles. The van der Waals surface area contributed by atoms with Crippen LogP contribution in [0.5, 0.6) is 0 Å². The molecule has 86 valence electrons. The molecule has 0 saturated carbocycles. The molecule has 0 atom stereocenters. The molecule has 0 spiro atoms. The van der Waals surface area contributed by atoms with Gasteiger partial charge in [0.15, 0.2) is 5.03 Å². The van der Waals surface area contributed by atoms with Crippen molar-refractivity contribution in [2.24, 2.45) is 0 Å². The molecule has 1 N–H and O–H groups in total. The van der Waals surface area contributed by atoms with Crippen LogP contribution in [0.15, 0.2) is 23.7 Å². The van der Waals surface area contributed by atoms with Crippen molar-refractivity contribution in [1.82, 2.24) is 18.9 Å². The van der Waals surface area contributed by atoms with Crippen LogP contribution in [-0.4, -0.2) is 27.3 Å². The van der Waals surface area contributed by atoms with Crippen molar-refractivity contribution in [2.45, 2.75) is 25.3 Å². The minimum atomic E-state index is -3.58. The molecule has 6 nitrogen and oxygen atoms in total. The first kappa shape index (κ1) is 10.9. The summed E-state index contributed by atoms with van der Waals surface area (Å²) in [6.07, 6.45) is 4.68. The second-order valence-corrected chi connectivity index (χ2v) is 5.15. The summed E-state index contributed by atoms with van der Waals surface area (Å²) >= 11 is 0. The topological polar surface area (TPSA) is 80.6 Å². The summed E-state index contributed by atoms with van der Waals surface area (Å²) in [5.41, 5.74) is 0.681. The highest BCUT2D eigenvalue weighted by Gasteiger charge is 2.21. The molecular formula is C9H12N4O2S. The molecule has 0 unspecified atom stereocenters. The summed E-state index contributed by atoms with van der Waals surface area (Å²) in [5, 5.41) is 0.0691. The van der Waals surface area contributed by atoms with Crippen LogP contribution in [0.1, 0.15) is 18.4 Å². The number of rotatable bonds is 3. The molecule has 0 radical (unpaired) electrons. The maximum Gasteiger partial charge on any atom is 0.286 e. The third kappa shape index (κ3) is 1.63. The fourth-order valence-corrected chi connectivity index (χ4v) is 2.81. The SMILES string of the molecule is CCc1nc(C)cn1S(=O)(=O)c1cnc[nH]1. The zero-order valence-electron chi connectivity index (χ0n) is 9.01. The lowest BCUT2D eigenvalue weighted by Crippen LogP contribution is -2.15. The van der Waals surface area contributed by atoms with Gasteiger partial charge in [-0.2, -0.15) is 8.42 Å². The van der Waals surface area contributed by atoms with Crippen molar-refractivity contribution in [3.8, 4) is 0 Å². The highest BCUT2D eigenvalue weighted by Crippen LogP contribution is 2.14. The molecule has 2 rings (SSSR count). The predicted molar refractivity (Wildman–Crippen MR) is 57.5 cm³/mol. The largest absolute Gasteiger partial charge is 0.334 e. The van der Waals surface area contributed by atoms with Crippen LogP contribution in [0, 0.1) is 6.92 Å². The molecule has 0 fully saturated rings. The Morgan fingerprint density at radius 2 is 2.25 bits per heavy atom. The molecule has 0 aliphatic carbocycles. The lowest BCUT2D eigenvalue weighted by molar-refractivity contribution is 0.581. The summed E-state index contributed by atoms with van der Waals surface area (Å²) in [5.74, 6) is 0.520. The maximum atomic E-state index is 12.1. The number of hydrogen-bond acceptors (Lipinski definition) is 4. The number of H-pyrrole nitrogens is 1. The van der Waals surface area contributed by atoms with Gasteiger partial charge < -0.3 is 4.98 Å². The molecule has 0 aliphatic heterocycles. The number of aromatic nitrogens is 4. The second-order valence-electron chi connectivity index (χ2n) is 3.37. The quantitative estimate of drug-likeness (QED) is 0.857. The normalized spacial score (nSPS) is 11.9. The predicted octanol–water partition coefficient (Wildman–Crippen LogP) is 0.714. The van der Waals surface area contributed by atoms with Crippen LogP contribution in [0.25, 0.3) is 0 Å². The fraction of sp³-hybridized carbons (Fsp3) is 0.333. The van der Waals surface area contributed by atoms with E-state index < -0.39 is 10.0 Å². The standard InChI is InChI=1S/C9H12N4O2S/c1-3-8-12-7(2)5-13(8)16(14,15)9-4-10-6-11-9/h4-6H,3H2,1-2H3,(H,10,11). The Balaban J connectivity index is 2.60. The van der Waals surface area contributed by atoms with E-state index in [2.05, 4.69) is 15.0 Å². The second kappa shape index (κ2) is 3.75. The summed E-state index contributed by atoms with van der Waals surface area (Å²) in [4.78, 5) is 10.5. The molecule has 2 aromatic heterocycles. The maximum absolute atomic E-state index is 12.1. The van der Waals surface area contributed by atoms with E-state index in [4.69, 9.17) is 0 Å². The van der Waals surface area contributed by atoms with E-state index in [1.807, 2.05) is 6.92 Å². The molecule has 0 aliphatic rings. The Morgan fingerprint density at radius 3 is 2.81 bits per heavy atom. The minimum Gasteiger partial charge on any atom is -0.334 e. The van der Waals surface area contributed by atoms with Crippen molar-refractivity contribution in [3.05, 3.63) is 30.2 Å². The van der Waals surface area contributed by atoms with Crippen LogP contribution in [0.4, 0.5) is 0 Å². The van der Waals surface area contributed by atoms with Crippen LogP contribution in [0.2, 0.25) is 0 Å². The van der Waals surface area contributed by atoms with E-state index >= 15 is 0 Å². The monoisotopic (exact) mass is 240 g/mol. The van der Waals surface area contributed by atoms with Gasteiger partial charge in [0.25, 0.3) is 10.0 Å². The van der Waals surface area contributed by atoms with Crippen molar-refractivity contribution >= 4 is 10.0 Å². The fourth-order valence-electron chi connectivity index (χ4n) is 1.46.